The van der Waals surface area contributed by atoms with Gasteiger partial charge in [-0.1, -0.05) is 12.1 Å². The molecule has 0 saturated carbocycles. The molecule has 1 unspecified atom stereocenters. The predicted octanol–water partition coefficient (Wildman–Crippen LogP) is 2.68. The Balaban J connectivity index is 1.56. The smallest absolute Gasteiger partial charge is 0.251 e. The molecule has 1 atom stereocenters. The molecule has 2 amide bonds. The summed E-state index contributed by atoms with van der Waals surface area (Å²) < 4.78 is 5.09. The van der Waals surface area contributed by atoms with E-state index in [0.29, 0.717) is 23.3 Å². The molecule has 1 fully saturated rings. The van der Waals surface area contributed by atoms with Gasteiger partial charge in [0, 0.05) is 30.8 Å². The summed E-state index contributed by atoms with van der Waals surface area (Å²) in [5, 5.41) is 13.0. The van der Waals surface area contributed by atoms with E-state index in [9.17, 15) is 14.7 Å². The predicted molar refractivity (Wildman–Crippen MR) is 103 cm³/mol. The van der Waals surface area contributed by atoms with Crippen LogP contribution >= 0.6 is 0 Å². The second kappa shape index (κ2) is 8.68. The van der Waals surface area contributed by atoms with Crippen LogP contribution in [0.1, 0.15) is 41.3 Å². The number of methoxy groups -OCH3 is 1. The summed E-state index contributed by atoms with van der Waals surface area (Å²) in [7, 11) is 1.58. The number of nitrogens with one attached hydrogen (secondary N) is 1. The van der Waals surface area contributed by atoms with Crippen molar-refractivity contribution >= 4 is 17.5 Å². The first-order valence-electron chi connectivity index (χ1n) is 9.09. The van der Waals surface area contributed by atoms with Gasteiger partial charge in [-0.2, -0.15) is 0 Å². The van der Waals surface area contributed by atoms with Crippen molar-refractivity contribution in [2.45, 2.75) is 25.4 Å². The summed E-state index contributed by atoms with van der Waals surface area (Å²) in [4.78, 5) is 26.0. The highest BCUT2D eigenvalue weighted by Crippen LogP contribution is 2.21. The van der Waals surface area contributed by atoms with E-state index < -0.39 is 6.10 Å². The maximum Gasteiger partial charge on any atom is 0.251 e. The lowest BCUT2D eigenvalue weighted by Gasteiger charge is -2.26. The van der Waals surface area contributed by atoms with Gasteiger partial charge in [0.15, 0.2) is 0 Å². The van der Waals surface area contributed by atoms with Crippen molar-refractivity contribution in [3.63, 3.8) is 0 Å². The minimum atomic E-state index is -0.801. The molecule has 1 saturated heterocycles. The molecule has 0 bridgehead atoms. The molecule has 0 spiro atoms. The van der Waals surface area contributed by atoms with Gasteiger partial charge < -0.3 is 20.1 Å². The van der Waals surface area contributed by atoms with Crippen molar-refractivity contribution in [2.75, 3.05) is 25.1 Å². The van der Waals surface area contributed by atoms with Crippen LogP contribution in [0.25, 0.3) is 0 Å². The van der Waals surface area contributed by atoms with E-state index in [1.165, 1.54) is 0 Å². The fraction of sp³-hybridized carbons (Fsp3) is 0.333. The quantitative estimate of drug-likeness (QED) is 0.822. The minimum absolute atomic E-state index is 0.109. The normalized spacial score (nSPS) is 15.3. The summed E-state index contributed by atoms with van der Waals surface area (Å²) in [5.41, 5.74) is 2.01. The van der Waals surface area contributed by atoms with Crippen LogP contribution in [0.5, 0.6) is 5.75 Å². The number of hydrogen-bond acceptors (Lipinski definition) is 4. The number of carbonyl (C=O) groups is 2. The summed E-state index contributed by atoms with van der Waals surface area (Å²) in [6.45, 7) is 0.829. The summed E-state index contributed by atoms with van der Waals surface area (Å²) >= 11 is 0. The molecule has 2 aromatic carbocycles. The van der Waals surface area contributed by atoms with Crippen molar-refractivity contribution in [3.8, 4) is 5.75 Å². The maximum atomic E-state index is 12.3. The fourth-order valence-corrected chi connectivity index (χ4v) is 3.11. The molecule has 2 N–H and O–H groups in total. The number of ether oxygens (including phenoxy) is 1. The zero-order valence-electron chi connectivity index (χ0n) is 15.4. The Morgan fingerprint density at radius 3 is 2.48 bits per heavy atom. The Kier molecular flexibility index (Phi) is 6.08. The van der Waals surface area contributed by atoms with Crippen molar-refractivity contribution < 1.29 is 19.4 Å². The largest absolute Gasteiger partial charge is 0.497 e. The average molecular weight is 368 g/mol. The molecule has 2 aromatic rings. The van der Waals surface area contributed by atoms with Crippen LogP contribution in [0.3, 0.4) is 0 Å². The number of hydrogen-bond donors (Lipinski definition) is 2. The second-order valence-electron chi connectivity index (χ2n) is 6.55. The van der Waals surface area contributed by atoms with Gasteiger partial charge in [-0.15, -0.1) is 0 Å². The van der Waals surface area contributed by atoms with Gasteiger partial charge in [-0.3, -0.25) is 9.59 Å². The third kappa shape index (κ3) is 4.65. The van der Waals surface area contributed by atoms with Crippen LogP contribution < -0.4 is 15.0 Å². The number of anilines is 1. The number of rotatable bonds is 6. The molecule has 0 aromatic heterocycles. The van der Waals surface area contributed by atoms with Gasteiger partial charge in [0.1, 0.15) is 5.75 Å². The van der Waals surface area contributed by atoms with Crippen LogP contribution in [-0.4, -0.2) is 37.1 Å². The maximum absolute atomic E-state index is 12.3. The van der Waals surface area contributed by atoms with Crippen LogP contribution in [0.4, 0.5) is 5.69 Å². The van der Waals surface area contributed by atoms with Gasteiger partial charge >= 0.3 is 0 Å². The van der Waals surface area contributed by atoms with Crippen molar-refractivity contribution in [1.82, 2.24) is 5.32 Å². The van der Waals surface area contributed by atoms with Gasteiger partial charge in [0.25, 0.3) is 5.91 Å². The number of piperidine rings is 1. The van der Waals surface area contributed by atoms with E-state index in [1.807, 2.05) is 0 Å². The fourth-order valence-electron chi connectivity index (χ4n) is 3.11. The van der Waals surface area contributed by atoms with Crippen LogP contribution in [-0.2, 0) is 4.79 Å². The number of aliphatic hydroxyl groups excluding tert-OH is 1. The summed E-state index contributed by atoms with van der Waals surface area (Å²) in [5.74, 6) is 0.572. The highest BCUT2D eigenvalue weighted by molar-refractivity contribution is 5.96. The molecule has 1 heterocycles. The molecule has 142 valence electrons. The molecule has 1 aliphatic rings. The van der Waals surface area contributed by atoms with Crippen LogP contribution in [0.2, 0.25) is 0 Å². The van der Waals surface area contributed by atoms with E-state index in [4.69, 9.17) is 4.74 Å². The van der Waals surface area contributed by atoms with Gasteiger partial charge in [0.05, 0.1) is 13.2 Å². The van der Waals surface area contributed by atoms with Gasteiger partial charge in [-0.05, 0) is 54.8 Å². The van der Waals surface area contributed by atoms with E-state index in [-0.39, 0.29) is 18.4 Å². The monoisotopic (exact) mass is 368 g/mol. The molecule has 0 radical (unpaired) electrons. The third-order valence-electron chi connectivity index (χ3n) is 4.72. The van der Waals surface area contributed by atoms with Crippen molar-refractivity contribution in [3.05, 3.63) is 59.7 Å². The topological polar surface area (TPSA) is 78.9 Å². The second-order valence-corrected chi connectivity index (χ2v) is 6.55. The first-order chi connectivity index (χ1) is 13.1. The van der Waals surface area contributed by atoms with Crippen LogP contribution in [0, 0.1) is 0 Å². The summed E-state index contributed by atoms with van der Waals surface area (Å²) in [6, 6.07) is 14.0. The molecular formula is C21H24N2O4. The number of aliphatic hydroxyl groups is 1. The zero-order valence-corrected chi connectivity index (χ0v) is 15.4. The third-order valence-corrected chi connectivity index (χ3v) is 4.72. The number of amides is 2. The van der Waals surface area contributed by atoms with Gasteiger partial charge in [0.2, 0.25) is 5.91 Å². The van der Waals surface area contributed by atoms with E-state index in [0.717, 1.165) is 25.1 Å². The minimum Gasteiger partial charge on any atom is -0.497 e. The standard InChI is InChI=1S/C21H24N2O4/c1-27-18-11-7-15(8-12-18)19(24)14-22-21(26)16-5-9-17(10-6-16)23-13-3-2-4-20(23)25/h5-12,19,24H,2-4,13-14H2,1H3,(H,22,26). The lowest BCUT2D eigenvalue weighted by molar-refractivity contribution is -0.119. The first-order valence-corrected chi connectivity index (χ1v) is 9.09. The van der Waals surface area contributed by atoms with E-state index >= 15 is 0 Å². The van der Waals surface area contributed by atoms with Gasteiger partial charge in [-0.25, -0.2) is 0 Å². The Morgan fingerprint density at radius 2 is 1.85 bits per heavy atom. The number of carbonyl (C=O) groups excluding carboxylic acids is 2. The molecule has 6 nitrogen and oxygen atoms in total. The highest BCUT2D eigenvalue weighted by Gasteiger charge is 2.19. The zero-order chi connectivity index (χ0) is 19.2. The van der Waals surface area contributed by atoms with E-state index in [1.54, 1.807) is 60.5 Å². The highest BCUT2D eigenvalue weighted by atomic mass is 16.5. The molecule has 3 rings (SSSR count). The lowest BCUT2D eigenvalue weighted by atomic mass is 10.1. The number of benzene rings is 2. The SMILES string of the molecule is COc1ccc(C(O)CNC(=O)c2ccc(N3CCCCC3=O)cc2)cc1. The molecule has 0 aliphatic carbocycles. The average Bonchev–Trinajstić information content (AvgIpc) is 2.72. The number of nitrogens with zero attached hydrogens (tertiary/aromatic N) is 1. The molecule has 1 aliphatic heterocycles. The Labute approximate surface area is 158 Å². The Hall–Kier alpha value is -2.86. The molecular weight excluding hydrogens is 344 g/mol. The lowest BCUT2D eigenvalue weighted by Crippen LogP contribution is -2.35. The van der Waals surface area contributed by atoms with Crippen molar-refractivity contribution in [2.24, 2.45) is 0 Å². The van der Waals surface area contributed by atoms with E-state index in [2.05, 4.69) is 5.32 Å². The Morgan fingerprint density at radius 1 is 1.15 bits per heavy atom. The first kappa shape index (κ1) is 18.9. The Bertz CT molecular complexity index is 787. The summed E-state index contributed by atoms with van der Waals surface area (Å²) in [6.07, 6.45) is 1.71. The van der Waals surface area contributed by atoms with Crippen LogP contribution in [0.15, 0.2) is 48.5 Å². The molecule has 6 heteroatoms. The van der Waals surface area contributed by atoms with Crippen molar-refractivity contribution in [1.29, 1.82) is 0 Å². The molecule has 27 heavy (non-hydrogen) atoms.